The number of hydrogen-bond donors (Lipinski definition) is 3. The number of benzene rings is 1. The Bertz CT molecular complexity index is 583. The van der Waals surface area contributed by atoms with Crippen LogP contribution in [0.1, 0.15) is 30.9 Å². The maximum absolute atomic E-state index is 5.83. The largest absolute Gasteiger partial charge is 0.370 e. The first kappa shape index (κ1) is 14.4. The molecule has 1 aromatic heterocycles. The van der Waals surface area contributed by atoms with Crippen molar-refractivity contribution in [3.05, 3.63) is 35.5 Å². The zero-order valence-electron chi connectivity index (χ0n) is 12.4. The average molecular weight is 272 g/mol. The molecule has 0 saturated carbocycles. The van der Waals surface area contributed by atoms with Crippen molar-refractivity contribution in [3.63, 3.8) is 0 Å². The highest BCUT2D eigenvalue weighted by Gasteiger charge is 2.05. The molecule has 0 unspecified atom stereocenters. The molecule has 0 atom stereocenters. The number of hydrogen-bond acceptors (Lipinski definition) is 1. The second-order valence-electron chi connectivity index (χ2n) is 5.11. The molecule has 0 spiro atoms. The third-order valence-electron chi connectivity index (χ3n) is 3.49. The van der Waals surface area contributed by atoms with Crippen LogP contribution in [0.4, 0.5) is 0 Å². The molecular formula is C16H24N4. The van der Waals surface area contributed by atoms with E-state index in [1.54, 1.807) is 0 Å². The van der Waals surface area contributed by atoms with Crippen molar-refractivity contribution in [2.75, 3.05) is 13.1 Å². The van der Waals surface area contributed by atoms with Crippen molar-refractivity contribution in [2.45, 2.75) is 33.1 Å². The van der Waals surface area contributed by atoms with Crippen LogP contribution in [0.25, 0.3) is 10.9 Å². The molecule has 0 amide bonds. The summed E-state index contributed by atoms with van der Waals surface area (Å²) in [7, 11) is 0. The lowest BCUT2D eigenvalue weighted by Crippen LogP contribution is -2.33. The Morgan fingerprint density at radius 1 is 1.40 bits per heavy atom. The van der Waals surface area contributed by atoms with E-state index in [1.807, 2.05) is 0 Å². The van der Waals surface area contributed by atoms with E-state index in [9.17, 15) is 0 Å². The predicted molar refractivity (Wildman–Crippen MR) is 86.1 cm³/mol. The highest BCUT2D eigenvalue weighted by molar-refractivity contribution is 5.86. The van der Waals surface area contributed by atoms with E-state index in [0.717, 1.165) is 32.4 Å². The van der Waals surface area contributed by atoms with E-state index in [0.29, 0.717) is 5.96 Å². The van der Waals surface area contributed by atoms with Gasteiger partial charge in [-0.25, -0.2) is 0 Å². The first-order valence-electron chi connectivity index (χ1n) is 7.31. The highest BCUT2D eigenvalue weighted by atomic mass is 15.1. The smallest absolute Gasteiger partial charge is 0.188 e. The number of nitrogens with two attached hydrogens (primary N) is 1. The standard InChI is InChI=1S/C16H24N4/c1-3-4-9-18-16(17)19-10-8-13-11-20-14-7-5-6-12(2)15(13)14/h5-7,11,20H,3-4,8-10H2,1-2H3,(H3,17,18,19). The summed E-state index contributed by atoms with van der Waals surface area (Å²) in [5, 5.41) is 4.51. The van der Waals surface area contributed by atoms with E-state index in [-0.39, 0.29) is 0 Å². The first-order valence-corrected chi connectivity index (χ1v) is 7.31. The van der Waals surface area contributed by atoms with Crippen LogP contribution in [-0.2, 0) is 6.42 Å². The molecule has 0 aliphatic carbocycles. The fraction of sp³-hybridized carbons (Fsp3) is 0.438. The Morgan fingerprint density at radius 2 is 2.25 bits per heavy atom. The molecule has 4 N–H and O–H groups in total. The zero-order chi connectivity index (χ0) is 14.4. The van der Waals surface area contributed by atoms with Crippen LogP contribution in [0.2, 0.25) is 0 Å². The van der Waals surface area contributed by atoms with Crippen LogP contribution < -0.4 is 11.1 Å². The Hall–Kier alpha value is -1.97. The first-order chi connectivity index (χ1) is 9.72. The molecule has 0 aliphatic heterocycles. The summed E-state index contributed by atoms with van der Waals surface area (Å²) in [6.07, 6.45) is 5.26. The Labute approximate surface area is 120 Å². The number of unbranched alkanes of at least 4 members (excludes halogenated alkanes) is 1. The van der Waals surface area contributed by atoms with Gasteiger partial charge in [-0.1, -0.05) is 25.5 Å². The summed E-state index contributed by atoms with van der Waals surface area (Å²) in [5.74, 6) is 0.551. The van der Waals surface area contributed by atoms with Gasteiger partial charge >= 0.3 is 0 Å². The van der Waals surface area contributed by atoms with E-state index in [1.165, 1.54) is 22.0 Å². The number of fused-ring (bicyclic) bond motifs is 1. The lowest BCUT2D eigenvalue weighted by Gasteiger charge is -2.06. The summed E-state index contributed by atoms with van der Waals surface area (Å²) >= 11 is 0. The molecule has 2 rings (SSSR count). The predicted octanol–water partition coefficient (Wildman–Crippen LogP) is 2.72. The van der Waals surface area contributed by atoms with Gasteiger partial charge in [-0.15, -0.1) is 0 Å². The molecule has 0 fully saturated rings. The summed E-state index contributed by atoms with van der Waals surface area (Å²) < 4.78 is 0. The minimum absolute atomic E-state index is 0.551. The number of H-pyrrole nitrogens is 1. The molecular weight excluding hydrogens is 248 g/mol. The van der Waals surface area contributed by atoms with Crippen molar-refractivity contribution in [3.8, 4) is 0 Å². The number of aryl methyl sites for hydroxylation is 1. The van der Waals surface area contributed by atoms with Gasteiger partial charge in [-0.3, -0.25) is 4.99 Å². The lowest BCUT2D eigenvalue weighted by molar-refractivity contribution is 0.791. The molecule has 2 aromatic rings. The number of nitrogens with zero attached hydrogens (tertiary/aromatic N) is 1. The number of rotatable bonds is 6. The van der Waals surface area contributed by atoms with Gasteiger partial charge in [0.15, 0.2) is 5.96 Å². The van der Waals surface area contributed by atoms with Crippen molar-refractivity contribution in [1.82, 2.24) is 10.3 Å². The second-order valence-corrected chi connectivity index (χ2v) is 5.11. The summed E-state index contributed by atoms with van der Waals surface area (Å²) in [6, 6.07) is 6.34. The van der Waals surface area contributed by atoms with Crippen LogP contribution in [0.3, 0.4) is 0 Å². The summed E-state index contributed by atoms with van der Waals surface area (Å²) in [6.45, 7) is 5.91. The normalized spacial score (nSPS) is 12.0. The Kier molecular flexibility index (Phi) is 5.04. The monoisotopic (exact) mass is 272 g/mol. The van der Waals surface area contributed by atoms with Gasteiger partial charge in [0, 0.05) is 30.2 Å². The molecule has 20 heavy (non-hydrogen) atoms. The number of aliphatic imine (C=N–C) groups is 1. The van der Waals surface area contributed by atoms with Crippen LogP contribution in [0.15, 0.2) is 29.4 Å². The average Bonchev–Trinajstić information content (AvgIpc) is 2.84. The number of aromatic nitrogens is 1. The van der Waals surface area contributed by atoms with Crippen molar-refractivity contribution >= 4 is 16.9 Å². The molecule has 1 aromatic carbocycles. The van der Waals surface area contributed by atoms with E-state index in [4.69, 9.17) is 5.73 Å². The van der Waals surface area contributed by atoms with Gasteiger partial charge in [0.25, 0.3) is 0 Å². The highest BCUT2D eigenvalue weighted by Crippen LogP contribution is 2.22. The molecule has 0 saturated heterocycles. The minimum atomic E-state index is 0.551. The molecule has 1 heterocycles. The fourth-order valence-electron chi connectivity index (χ4n) is 2.39. The second kappa shape index (κ2) is 6.98. The molecule has 0 radical (unpaired) electrons. The van der Waals surface area contributed by atoms with Crippen molar-refractivity contribution in [1.29, 1.82) is 0 Å². The summed E-state index contributed by atoms with van der Waals surface area (Å²) in [4.78, 5) is 7.61. The van der Waals surface area contributed by atoms with Crippen LogP contribution >= 0.6 is 0 Å². The van der Waals surface area contributed by atoms with Gasteiger partial charge in [0.2, 0.25) is 0 Å². The van der Waals surface area contributed by atoms with Gasteiger partial charge in [-0.2, -0.15) is 0 Å². The maximum Gasteiger partial charge on any atom is 0.188 e. The number of aromatic amines is 1. The van der Waals surface area contributed by atoms with Gasteiger partial charge in [0.05, 0.1) is 0 Å². The Morgan fingerprint density at radius 3 is 3.05 bits per heavy atom. The molecule has 4 nitrogen and oxygen atoms in total. The number of guanidine groups is 1. The van der Waals surface area contributed by atoms with Crippen molar-refractivity contribution in [2.24, 2.45) is 10.7 Å². The van der Waals surface area contributed by atoms with Gasteiger partial charge in [-0.05, 0) is 37.0 Å². The van der Waals surface area contributed by atoms with Crippen LogP contribution in [0.5, 0.6) is 0 Å². The minimum Gasteiger partial charge on any atom is -0.370 e. The quantitative estimate of drug-likeness (QED) is 0.430. The van der Waals surface area contributed by atoms with Crippen LogP contribution in [-0.4, -0.2) is 24.0 Å². The lowest BCUT2D eigenvalue weighted by atomic mass is 10.1. The van der Waals surface area contributed by atoms with E-state index >= 15 is 0 Å². The van der Waals surface area contributed by atoms with Gasteiger partial charge < -0.3 is 16.0 Å². The summed E-state index contributed by atoms with van der Waals surface area (Å²) in [5.41, 5.74) is 9.66. The van der Waals surface area contributed by atoms with E-state index < -0.39 is 0 Å². The van der Waals surface area contributed by atoms with Gasteiger partial charge in [0.1, 0.15) is 0 Å². The maximum atomic E-state index is 5.83. The number of nitrogens with one attached hydrogen (secondary N) is 2. The van der Waals surface area contributed by atoms with Crippen molar-refractivity contribution < 1.29 is 0 Å². The third kappa shape index (κ3) is 3.53. The molecule has 0 aliphatic rings. The van der Waals surface area contributed by atoms with E-state index in [2.05, 4.69) is 53.5 Å². The van der Waals surface area contributed by atoms with Crippen LogP contribution in [0, 0.1) is 6.92 Å². The molecule has 108 valence electrons. The Balaban J connectivity index is 1.92. The topological polar surface area (TPSA) is 66.2 Å². The SMILES string of the molecule is CCCCN=C(N)NCCc1c[nH]c2cccc(C)c12. The third-order valence-corrected chi connectivity index (χ3v) is 3.49. The molecule has 4 heteroatoms. The zero-order valence-corrected chi connectivity index (χ0v) is 12.4. The molecule has 0 bridgehead atoms. The fourth-order valence-corrected chi connectivity index (χ4v) is 2.39.